The van der Waals surface area contributed by atoms with Crippen LogP contribution in [0.15, 0.2) is 0 Å². The zero-order valence-electron chi connectivity index (χ0n) is 6.34. The lowest BCUT2D eigenvalue weighted by Gasteiger charge is -2.30. The summed E-state index contributed by atoms with van der Waals surface area (Å²) >= 11 is 0. The summed E-state index contributed by atoms with van der Waals surface area (Å²) in [6, 6.07) is 0. The molecule has 0 aromatic rings. The van der Waals surface area contributed by atoms with Gasteiger partial charge in [-0.2, -0.15) is 0 Å². The van der Waals surface area contributed by atoms with Crippen molar-refractivity contribution >= 4 is 5.78 Å². The standard InChI is InChI=1S/C8H14O2/c1-6(9)2-3-7-4-8(10)5-7/h7-8,10H,2-5H2,1H3/t7-,8+. The Hall–Kier alpha value is -0.370. The third kappa shape index (κ3) is 2.10. The second kappa shape index (κ2) is 3.15. The maximum atomic E-state index is 10.5. The van der Waals surface area contributed by atoms with Gasteiger partial charge in [0.05, 0.1) is 6.10 Å². The molecule has 1 fully saturated rings. The summed E-state index contributed by atoms with van der Waals surface area (Å²) in [6.45, 7) is 1.62. The minimum Gasteiger partial charge on any atom is -0.393 e. The molecule has 1 saturated carbocycles. The fraction of sp³-hybridized carbons (Fsp3) is 0.875. The molecule has 0 bridgehead atoms. The topological polar surface area (TPSA) is 37.3 Å². The fourth-order valence-electron chi connectivity index (χ4n) is 1.34. The van der Waals surface area contributed by atoms with Crippen molar-refractivity contribution in [3.63, 3.8) is 0 Å². The number of Topliss-reactive ketones (excluding diaryl/α,β-unsaturated/α-hetero) is 1. The van der Waals surface area contributed by atoms with Crippen LogP contribution in [-0.4, -0.2) is 17.0 Å². The zero-order chi connectivity index (χ0) is 7.56. The molecule has 0 unspecified atom stereocenters. The molecule has 0 saturated heterocycles. The third-order valence-corrected chi connectivity index (χ3v) is 2.12. The Morgan fingerprint density at radius 2 is 2.20 bits per heavy atom. The molecule has 58 valence electrons. The predicted octanol–water partition coefficient (Wildman–Crippen LogP) is 1.13. The Bertz CT molecular complexity index is 125. The smallest absolute Gasteiger partial charge is 0.129 e. The van der Waals surface area contributed by atoms with E-state index in [9.17, 15) is 4.79 Å². The summed E-state index contributed by atoms with van der Waals surface area (Å²) < 4.78 is 0. The van der Waals surface area contributed by atoms with Crippen LogP contribution in [0.5, 0.6) is 0 Å². The van der Waals surface area contributed by atoms with Crippen molar-refractivity contribution in [2.24, 2.45) is 5.92 Å². The van der Waals surface area contributed by atoms with Gasteiger partial charge in [-0.1, -0.05) is 0 Å². The van der Waals surface area contributed by atoms with Gasteiger partial charge < -0.3 is 9.90 Å². The van der Waals surface area contributed by atoms with Gasteiger partial charge in [-0.15, -0.1) is 0 Å². The van der Waals surface area contributed by atoms with E-state index in [2.05, 4.69) is 0 Å². The van der Waals surface area contributed by atoms with Crippen molar-refractivity contribution in [3.05, 3.63) is 0 Å². The van der Waals surface area contributed by atoms with E-state index < -0.39 is 0 Å². The van der Waals surface area contributed by atoms with Gasteiger partial charge in [0.2, 0.25) is 0 Å². The minimum absolute atomic E-state index is 0.0723. The van der Waals surface area contributed by atoms with Crippen molar-refractivity contribution in [1.29, 1.82) is 0 Å². The molecule has 0 aliphatic heterocycles. The summed E-state index contributed by atoms with van der Waals surface area (Å²) in [6.07, 6.45) is 3.42. The van der Waals surface area contributed by atoms with Crippen LogP contribution >= 0.6 is 0 Å². The van der Waals surface area contributed by atoms with Crippen molar-refractivity contribution in [1.82, 2.24) is 0 Å². The minimum atomic E-state index is -0.0723. The van der Waals surface area contributed by atoms with Crippen molar-refractivity contribution in [2.75, 3.05) is 0 Å². The lowest BCUT2D eigenvalue weighted by Crippen LogP contribution is -2.28. The number of hydrogen-bond acceptors (Lipinski definition) is 2. The molecule has 1 aliphatic carbocycles. The van der Waals surface area contributed by atoms with Crippen molar-refractivity contribution in [3.8, 4) is 0 Å². The molecular formula is C8H14O2. The molecule has 0 amide bonds. The van der Waals surface area contributed by atoms with Gasteiger partial charge in [0.1, 0.15) is 5.78 Å². The normalized spacial score (nSPS) is 31.4. The van der Waals surface area contributed by atoms with E-state index in [-0.39, 0.29) is 11.9 Å². The molecule has 0 atom stereocenters. The Labute approximate surface area is 61.2 Å². The highest BCUT2D eigenvalue weighted by atomic mass is 16.3. The van der Waals surface area contributed by atoms with Gasteiger partial charge in [0.15, 0.2) is 0 Å². The average Bonchev–Trinajstić information content (AvgIpc) is 1.77. The molecule has 0 heterocycles. The summed E-state index contributed by atoms with van der Waals surface area (Å²) in [5, 5.41) is 8.90. The Morgan fingerprint density at radius 1 is 1.60 bits per heavy atom. The van der Waals surface area contributed by atoms with E-state index in [4.69, 9.17) is 5.11 Å². The van der Waals surface area contributed by atoms with Crippen LogP contribution in [0.3, 0.4) is 0 Å². The SMILES string of the molecule is CC(=O)CC[C@H]1C[C@@H](O)C1. The van der Waals surface area contributed by atoms with Gasteiger partial charge in [-0.25, -0.2) is 0 Å². The Kier molecular flexibility index (Phi) is 2.44. The molecule has 1 rings (SSSR count). The number of aliphatic hydroxyl groups excluding tert-OH is 1. The number of carbonyl (C=O) groups is 1. The molecule has 10 heavy (non-hydrogen) atoms. The van der Waals surface area contributed by atoms with Crippen LogP contribution in [0.2, 0.25) is 0 Å². The number of hydrogen-bond donors (Lipinski definition) is 1. The highest BCUT2D eigenvalue weighted by Crippen LogP contribution is 2.30. The van der Waals surface area contributed by atoms with E-state index in [1.165, 1.54) is 0 Å². The number of rotatable bonds is 3. The van der Waals surface area contributed by atoms with E-state index in [0.29, 0.717) is 12.3 Å². The quantitative estimate of drug-likeness (QED) is 0.641. The molecule has 0 spiro atoms. The number of ketones is 1. The molecule has 1 N–H and O–H groups in total. The fourth-order valence-corrected chi connectivity index (χ4v) is 1.34. The average molecular weight is 142 g/mol. The van der Waals surface area contributed by atoms with Gasteiger partial charge in [0.25, 0.3) is 0 Å². The van der Waals surface area contributed by atoms with Gasteiger partial charge in [-0.05, 0) is 32.1 Å². The second-order valence-electron chi connectivity index (χ2n) is 3.23. The Balaban J connectivity index is 2.00. The summed E-state index contributed by atoms with van der Waals surface area (Å²) in [5.41, 5.74) is 0. The number of carbonyl (C=O) groups excluding carboxylic acids is 1. The van der Waals surface area contributed by atoms with E-state index in [1.54, 1.807) is 6.92 Å². The first-order valence-electron chi connectivity index (χ1n) is 3.86. The van der Waals surface area contributed by atoms with Gasteiger partial charge in [0, 0.05) is 6.42 Å². The maximum absolute atomic E-state index is 10.5. The highest BCUT2D eigenvalue weighted by molar-refractivity contribution is 5.75. The molecule has 2 heteroatoms. The van der Waals surface area contributed by atoms with Crippen LogP contribution in [0, 0.1) is 5.92 Å². The highest BCUT2D eigenvalue weighted by Gasteiger charge is 2.26. The lowest BCUT2D eigenvalue weighted by atomic mass is 9.79. The molecule has 2 nitrogen and oxygen atoms in total. The van der Waals surface area contributed by atoms with Gasteiger partial charge in [-0.3, -0.25) is 0 Å². The monoisotopic (exact) mass is 142 g/mol. The summed E-state index contributed by atoms with van der Waals surface area (Å²) in [7, 11) is 0. The molecule has 0 radical (unpaired) electrons. The third-order valence-electron chi connectivity index (χ3n) is 2.12. The summed E-state index contributed by atoms with van der Waals surface area (Å²) in [5.74, 6) is 0.889. The first-order valence-corrected chi connectivity index (χ1v) is 3.86. The van der Waals surface area contributed by atoms with E-state index in [1.807, 2.05) is 0 Å². The van der Waals surface area contributed by atoms with Crippen molar-refractivity contribution in [2.45, 2.75) is 38.7 Å². The zero-order valence-corrected chi connectivity index (χ0v) is 6.34. The van der Waals surface area contributed by atoms with Crippen LogP contribution in [0.4, 0.5) is 0 Å². The van der Waals surface area contributed by atoms with E-state index in [0.717, 1.165) is 19.3 Å². The molecule has 0 aromatic carbocycles. The lowest BCUT2D eigenvalue weighted by molar-refractivity contribution is -0.117. The van der Waals surface area contributed by atoms with Crippen LogP contribution < -0.4 is 0 Å². The van der Waals surface area contributed by atoms with Crippen LogP contribution in [0.1, 0.15) is 32.6 Å². The van der Waals surface area contributed by atoms with Crippen LogP contribution in [-0.2, 0) is 4.79 Å². The maximum Gasteiger partial charge on any atom is 0.129 e. The predicted molar refractivity (Wildman–Crippen MR) is 38.6 cm³/mol. The summed E-state index contributed by atoms with van der Waals surface area (Å²) in [4.78, 5) is 10.5. The molecule has 1 aliphatic rings. The first kappa shape index (κ1) is 7.73. The van der Waals surface area contributed by atoms with Crippen molar-refractivity contribution < 1.29 is 9.90 Å². The second-order valence-corrected chi connectivity index (χ2v) is 3.23. The number of aliphatic hydroxyl groups is 1. The van der Waals surface area contributed by atoms with Gasteiger partial charge >= 0.3 is 0 Å². The first-order chi connectivity index (χ1) is 4.68. The molecular weight excluding hydrogens is 128 g/mol. The largest absolute Gasteiger partial charge is 0.393 e. The Morgan fingerprint density at radius 3 is 2.60 bits per heavy atom. The molecule has 0 aromatic heterocycles. The van der Waals surface area contributed by atoms with E-state index >= 15 is 0 Å². The van der Waals surface area contributed by atoms with Crippen LogP contribution in [0.25, 0.3) is 0 Å².